The van der Waals surface area contributed by atoms with Crippen molar-refractivity contribution in [1.82, 2.24) is 0 Å². The first-order valence-electron chi connectivity index (χ1n) is 5.31. The summed E-state index contributed by atoms with van der Waals surface area (Å²) in [6, 6.07) is 4.32. The van der Waals surface area contributed by atoms with Crippen molar-refractivity contribution in [3.8, 4) is 12.1 Å². The zero-order valence-electron chi connectivity index (χ0n) is 8.58. The number of hydrogen-bond donors (Lipinski definition) is 2. The Bertz CT molecular complexity index is 380. The largest absolute Gasteiger partial charge is 0.386 e. The van der Waals surface area contributed by atoms with Crippen LogP contribution in [0, 0.1) is 44.8 Å². The van der Waals surface area contributed by atoms with Crippen LogP contribution in [-0.4, -0.2) is 5.84 Å². The van der Waals surface area contributed by atoms with Crippen LogP contribution in [0.25, 0.3) is 0 Å². The minimum Gasteiger partial charge on any atom is -0.386 e. The second-order valence-electron chi connectivity index (χ2n) is 4.61. The molecule has 15 heavy (non-hydrogen) atoms. The van der Waals surface area contributed by atoms with Crippen LogP contribution in [0.1, 0.15) is 32.1 Å². The first kappa shape index (κ1) is 9.98. The molecule has 0 radical (unpaired) electrons. The van der Waals surface area contributed by atoms with Gasteiger partial charge in [-0.3, -0.25) is 5.41 Å². The molecule has 2 saturated carbocycles. The predicted molar refractivity (Wildman–Crippen MR) is 54.6 cm³/mol. The van der Waals surface area contributed by atoms with Crippen LogP contribution >= 0.6 is 0 Å². The molecule has 2 aliphatic rings. The van der Waals surface area contributed by atoms with Crippen molar-refractivity contribution in [2.24, 2.45) is 22.5 Å². The lowest BCUT2D eigenvalue weighted by Crippen LogP contribution is -2.30. The van der Waals surface area contributed by atoms with Crippen LogP contribution in [0.3, 0.4) is 0 Å². The van der Waals surface area contributed by atoms with Gasteiger partial charge >= 0.3 is 0 Å². The van der Waals surface area contributed by atoms with E-state index in [0.717, 1.165) is 25.7 Å². The summed E-state index contributed by atoms with van der Waals surface area (Å²) in [6.45, 7) is 0. The first-order chi connectivity index (χ1) is 7.15. The Balaban J connectivity index is 2.39. The molecule has 0 unspecified atom stereocenters. The van der Waals surface area contributed by atoms with Crippen LogP contribution in [0.4, 0.5) is 0 Å². The summed E-state index contributed by atoms with van der Waals surface area (Å²) >= 11 is 0. The maximum atomic E-state index is 9.22. The van der Waals surface area contributed by atoms with E-state index in [0.29, 0.717) is 0 Å². The third-order valence-corrected chi connectivity index (χ3v) is 4.16. The van der Waals surface area contributed by atoms with Crippen LogP contribution in [0.15, 0.2) is 0 Å². The first-order valence-corrected chi connectivity index (χ1v) is 5.31. The molecule has 78 valence electrons. The molecule has 4 heteroatoms. The molecular formula is C11H14N4. The third-order valence-electron chi connectivity index (χ3n) is 4.16. The van der Waals surface area contributed by atoms with Crippen molar-refractivity contribution in [2.45, 2.75) is 32.1 Å². The molecule has 0 bridgehead atoms. The Morgan fingerprint density at radius 3 is 2.20 bits per heavy atom. The number of nitrogens with two attached hydrogens (primary N) is 1. The van der Waals surface area contributed by atoms with E-state index >= 15 is 0 Å². The summed E-state index contributed by atoms with van der Waals surface area (Å²) in [5.41, 5.74) is 4.26. The highest BCUT2D eigenvalue weighted by Gasteiger charge is 2.79. The Labute approximate surface area is 89.2 Å². The molecule has 2 rings (SSSR count). The zero-order valence-corrected chi connectivity index (χ0v) is 8.58. The molecule has 0 aromatic heterocycles. The van der Waals surface area contributed by atoms with E-state index in [1.54, 1.807) is 0 Å². The molecule has 1 spiro atoms. The fraction of sp³-hybridized carbons (Fsp3) is 0.727. The van der Waals surface area contributed by atoms with Gasteiger partial charge in [-0.05, 0) is 12.8 Å². The van der Waals surface area contributed by atoms with Crippen molar-refractivity contribution < 1.29 is 0 Å². The molecule has 0 aliphatic heterocycles. The summed E-state index contributed by atoms with van der Waals surface area (Å²) in [5, 5.41) is 25.9. The number of hydrogen-bond acceptors (Lipinski definition) is 3. The van der Waals surface area contributed by atoms with E-state index in [9.17, 15) is 5.26 Å². The van der Waals surface area contributed by atoms with Crippen molar-refractivity contribution in [1.29, 1.82) is 15.9 Å². The van der Waals surface area contributed by atoms with Gasteiger partial charge in [0.05, 0.1) is 18.1 Å². The van der Waals surface area contributed by atoms with Crippen LogP contribution < -0.4 is 5.73 Å². The van der Waals surface area contributed by atoms with Gasteiger partial charge in [0.25, 0.3) is 0 Å². The molecule has 2 aliphatic carbocycles. The molecule has 0 aromatic carbocycles. The van der Waals surface area contributed by atoms with Gasteiger partial charge in [-0.25, -0.2) is 0 Å². The molecular weight excluding hydrogens is 188 g/mol. The standard InChI is InChI=1S/C11H14N4/c12-6-8-10(4-2-1-3-5-10)11(8,7-13)9(14)15/h8H,1-5H2,(H3,14,15)/t8-,11+/m1/s1. The van der Waals surface area contributed by atoms with E-state index in [4.69, 9.17) is 16.4 Å². The quantitative estimate of drug-likeness (QED) is 0.498. The van der Waals surface area contributed by atoms with Gasteiger partial charge in [0.1, 0.15) is 11.3 Å². The van der Waals surface area contributed by atoms with Crippen LogP contribution in [0.2, 0.25) is 0 Å². The third kappa shape index (κ3) is 0.920. The molecule has 0 aromatic rings. The number of amidine groups is 1. The summed E-state index contributed by atoms with van der Waals surface area (Å²) in [5.74, 6) is -0.466. The molecule has 0 heterocycles. The van der Waals surface area contributed by atoms with Crippen molar-refractivity contribution >= 4 is 5.84 Å². The van der Waals surface area contributed by atoms with Crippen molar-refractivity contribution in [3.05, 3.63) is 0 Å². The van der Waals surface area contributed by atoms with Crippen molar-refractivity contribution in [2.75, 3.05) is 0 Å². The second-order valence-corrected chi connectivity index (χ2v) is 4.61. The highest BCUT2D eigenvalue weighted by molar-refractivity contribution is 5.92. The van der Waals surface area contributed by atoms with Gasteiger partial charge in [0.15, 0.2) is 0 Å². The summed E-state index contributed by atoms with van der Waals surface area (Å²) in [7, 11) is 0. The molecule has 3 N–H and O–H groups in total. The average molecular weight is 202 g/mol. The Kier molecular flexibility index (Phi) is 1.98. The normalized spacial score (nSPS) is 36.5. The maximum absolute atomic E-state index is 9.22. The van der Waals surface area contributed by atoms with E-state index in [-0.39, 0.29) is 17.2 Å². The lowest BCUT2D eigenvalue weighted by molar-refractivity contribution is 0.298. The Morgan fingerprint density at radius 2 is 1.87 bits per heavy atom. The molecule has 0 amide bonds. The summed E-state index contributed by atoms with van der Waals surface area (Å²) < 4.78 is 0. The van der Waals surface area contributed by atoms with Crippen LogP contribution in [0.5, 0.6) is 0 Å². The van der Waals surface area contributed by atoms with E-state index < -0.39 is 5.41 Å². The van der Waals surface area contributed by atoms with Crippen LogP contribution in [-0.2, 0) is 0 Å². The Morgan fingerprint density at radius 1 is 1.27 bits per heavy atom. The second kappa shape index (κ2) is 2.97. The van der Waals surface area contributed by atoms with E-state index in [1.807, 2.05) is 0 Å². The number of rotatable bonds is 1. The van der Waals surface area contributed by atoms with E-state index in [1.165, 1.54) is 6.42 Å². The fourth-order valence-electron chi connectivity index (χ4n) is 3.34. The predicted octanol–water partition coefficient (Wildman–Crippen LogP) is 1.54. The summed E-state index contributed by atoms with van der Waals surface area (Å²) in [6.07, 6.45) is 5.01. The average Bonchev–Trinajstić information content (AvgIpc) is 2.80. The minimum atomic E-state index is -0.970. The highest BCUT2D eigenvalue weighted by atomic mass is 14.9. The molecule has 2 fully saturated rings. The molecule has 0 saturated heterocycles. The lowest BCUT2D eigenvalue weighted by Gasteiger charge is -2.24. The number of nitrogens with one attached hydrogen (secondary N) is 1. The minimum absolute atomic E-state index is 0.113. The van der Waals surface area contributed by atoms with Gasteiger partial charge in [-0.15, -0.1) is 0 Å². The number of nitriles is 2. The molecule has 2 atom stereocenters. The monoisotopic (exact) mass is 202 g/mol. The topological polar surface area (TPSA) is 97.5 Å². The molecule has 4 nitrogen and oxygen atoms in total. The zero-order chi connectivity index (χ0) is 11.1. The highest BCUT2D eigenvalue weighted by Crippen LogP contribution is 2.74. The smallest absolute Gasteiger partial charge is 0.137 e. The van der Waals surface area contributed by atoms with Gasteiger partial charge in [-0.1, -0.05) is 19.3 Å². The summed E-state index contributed by atoms with van der Waals surface area (Å²) in [4.78, 5) is 0. The lowest BCUT2D eigenvalue weighted by atomic mass is 9.79. The van der Waals surface area contributed by atoms with Gasteiger partial charge in [-0.2, -0.15) is 10.5 Å². The Hall–Kier alpha value is -1.55. The SMILES string of the molecule is N#C[C@@H]1C2(CCCCC2)[C@]1(C#N)C(=N)N. The van der Waals surface area contributed by atoms with Gasteiger partial charge in [0.2, 0.25) is 0 Å². The van der Waals surface area contributed by atoms with Gasteiger partial charge < -0.3 is 5.73 Å². The van der Waals surface area contributed by atoms with Crippen molar-refractivity contribution in [3.63, 3.8) is 0 Å². The fourth-order valence-corrected chi connectivity index (χ4v) is 3.34. The number of nitrogens with zero attached hydrogens (tertiary/aromatic N) is 2. The van der Waals surface area contributed by atoms with E-state index in [2.05, 4.69) is 12.1 Å². The van der Waals surface area contributed by atoms with Gasteiger partial charge in [0, 0.05) is 5.41 Å². The maximum Gasteiger partial charge on any atom is 0.137 e.